The number of phenols is 2. The highest BCUT2D eigenvalue weighted by Crippen LogP contribution is 2.27. The SMILES string of the molecule is CC(NCC1CCCN1C)c1ccc(O)cc1O. The van der Waals surface area contributed by atoms with Crippen molar-refractivity contribution in [3.8, 4) is 11.5 Å². The second kappa shape index (κ2) is 5.59. The lowest BCUT2D eigenvalue weighted by Crippen LogP contribution is -2.36. The monoisotopic (exact) mass is 250 g/mol. The summed E-state index contributed by atoms with van der Waals surface area (Å²) < 4.78 is 0. The van der Waals surface area contributed by atoms with Crippen molar-refractivity contribution in [3.05, 3.63) is 23.8 Å². The first-order valence-electron chi connectivity index (χ1n) is 6.53. The first-order chi connectivity index (χ1) is 8.58. The Kier molecular flexibility index (Phi) is 4.09. The lowest BCUT2D eigenvalue weighted by Gasteiger charge is -2.23. The van der Waals surface area contributed by atoms with Crippen LogP contribution in [0.5, 0.6) is 11.5 Å². The van der Waals surface area contributed by atoms with E-state index < -0.39 is 0 Å². The maximum atomic E-state index is 9.80. The summed E-state index contributed by atoms with van der Waals surface area (Å²) >= 11 is 0. The number of likely N-dealkylation sites (tertiary alicyclic amines) is 1. The Balaban J connectivity index is 1.93. The van der Waals surface area contributed by atoms with Crippen LogP contribution in [-0.4, -0.2) is 41.3 Å². The average Bonchev–Trinajstić information content (AvgIpc) is 2.72. The van der Waals surface area contributed by atoms with Crippen LogP contribution in [0.4, 0.5) is 0 Å². The molecular formula is C14H22N2O2. The molecular weight excluding hydrogens is 228 g/mol. The molecule has 1 aliphatic heterocycles. The normalized spacial score (nSPS) is 22.2. The number of phenolic OH excluding ortho intramolecular Hbond substituents is 2. The molecule has 3 N–H and O–H groups in total. The van der Waals surface area contributed by atoms with Gasteiger partial charge in [0, 0.05) is 30.3 Å². The van der Waals surface area contributed by atoms with Gasteiger partial charge in [-0.2, -0.15) is 0 Å². The third-order valence-corrected chi connectivity index (χ3v) is 3.81. The number of nitrogens with zero attached hydrogens (tertiary/aromatic N) is 1. The van der Waals surface area contributed by atoms with E-state index in [0.717, 1.165) is 12.1 Å². The van der Waals surface area contributed by atoms with Crippen LogP contribution in [-0.2, 0) is 0 Å². The molecule has 18 heavy (non-hydrogen) atoms. The zero-order chi connectivity index (χ0) is 13.1. The summed E-state index contributed by atoms with van der Waals surface area (Å²) in [5, 5.41) is 22.5. The maximum absolute atomic E-state index is 9.80. The Hall–Kier alpha value is -1.26. The Morgan fingerprint density at radius 1 is 1.44 bits per heavy atom. The highest BCUT2D eigenvalue weighted by molar-refractivity contribution is 5.40. The lowest BCUT2D eigenvalue weighted by molar-refractivity contribution is 0.293. The molecule has 2 rings (SSSR count). The van der Waals surface area contributed by atoms with Gasteiger partial charge in [-0.1, -0.05) is 6.07 Å². The molecule has 1 aliphatic rings. The van der Waals surface area contributed by atoms with E-state index in [1.807, 2.05) is 6.92 Å². The fraction of sp³-hybridized carbons (Fsp3) is 0.571. The van der Waals surface area contributed by atoms with Crippen molar-refractivity contribution in [3.63, 3.8) is 0 Å². The number of aromatic hydroxyl groups is 2. The molecule has 100 valence electrons. The van der Waals surface area contributed by atoms with Crippen LogP contribution in [0.1, 0.15) is 31.4 Å². The lowest BCUT2D eigenvalue weighted by atomic mass is 10.1. The van der Waals surface area contributed by atoms with Crippen molar-refractivity contribution in [2.45, 2.75) is 31.8 Å². The Morgan fingerprint density at radius 2 is 2.22 bits per heavy atom. The van der Waals surface area contributed by atoms with Gasteiger partial charge in [0.05, 0.1) is 0 Å². The predicted molar refractivity (Wildman–Crippen MR) is 71.8 cm³/mol. The van der Waals surface area contributed by atoms with Gasteiger partial charge in [0.15, 0.2) is 0 Å². The molecule has 4 nitrogen and oxygen atoms in total. The van der Waals surface area contributed by atoms with Crippen molar-refractivity contribution in [2.75, 3.05) is 20.1 Å². The molecule has 1 saturated heterocycles. The van der Waals surface area contributed by atoms with Crippen LogP contribution in [0.25, 0.3) is 0 Å². The van der Waals surface area contributed by atoms with E-state index in [0.29, 0.717) is 6.04 Å². The van der Waals surface area contributed by atoms with Crippen LogP contribution in [0.3, 0.4) is 0 Å². The van der Waals surface area contributed by atoms with Gasteiger partial charge >= 0.3 is 0 Å². The van der Waals surface area contributed by atoms with Gasteiger partial charge in [-0.05, 0) is 39.4 Å². The van der Waals surface area contributed by atoms with Crippen LogP contribution >= 0.6 is 0 Å². The van der Waals surface area contributed by atoms with Gasteiger partial charge in [-0.15, -0.1) is 0 Å². The number of likely N-dealkylation sites (N-methyl/N-ethyl adjacent to an activating group) is 1. The molecule has 1 aromatic rings. The molecule has 0 spiro atoms. The van der Waals surface area contributed by atoms with Crippen LogP contribution < -0.4 is 5.32 Å². The molecule has 2 atom stereocenters. The zero-order valence-corrected chi connectivity index (χ0v) is 11.1. The molecule has 0 amide bonds. The second-order valence-electron chi connectivity index (χ2n) is 5.15. The van der Waals surface area contributed by atoms with Crippen molar-refractivity contribution >= 4 is 0 Å². The Labute approximate surface area is 108 Å². The fourth-order valence-corrected chi connectivity index (χ4v) is 2.56. The third-order valence-electron chi connectivity index (χ3n) is 3.81. The minimum absolute atomic E-state index is 0.0830. The van der Waals surface area contributed by atoms with Gasteiger partial charge in [-0.25, -0.2) is 0 Å². The highest BCUT2D eigenvalue weighted by Gasteiger charge is 2.21. The molecule has 0 aromatic heterocycles. The summed E-state index contributed by atoms with van der Waals surface area (Å²) in [5.41, 5.74) is 0.827. The van der Waals surface area contributed by atoms with Crippen LogP contribution in [0, 0.1) is 0 Å². The minimum Gasteiger partial charge on any atom is -0.508 e. The van der Waals surface area contributed by atoms with Gasteiger partial charge in [0.25, 0.3) is 0 Å². The number of hydrogen-bond donors (Lipinski definition) is 3. The van der Waals surface area contributed by atoms with E-state index in [1.165, 1.54) is 25.5 Å². The first kappa shape index (κ1) is 13.2. The van der Waals surface area contributed by atoms with Crippen LogP contribution in [0.15, 0.2) is 18.2 Å². The van der Waals surface area contributed by atoms with Gasteiger partial charge in [-0.3, -0.25) is 0 Å². The largest absolute Gasteiger partial charge is 0.508 e. The zero-order valence-electron chi connectivity index (χ0n) is 11.1. The van der Waals surface area contributed by atoms with Crippen molar-refractivity contribution in [1.82, 2.24) is 10.2 Å². The Morgan fingerprint density at radius 3 is 2.83 bits per heavy atom. The minimum atomic E-state index is 0.0830. The smallest absolute Gasteiger partial charge is 0.124 e. The second-order valence-corrected chi connectivity index (χ2v) is 5.15. The van der Waals surface area contributed by atoms with Gasteiger partial charge in [0.2, 0.25) is 0 Å². The van der Waals surface area contributed by atoms with Gasteiger partial charge in [0.1, 0.15) is 11.5 Å². The number of benzene rings is 1. The topological polar surface area (TPSA) is 55.7 Å². The molecule has 4 heteroatoms. The summed E-state index contributed by atoms with van der Waals surface area (Å²) in [6.07, 6.45) is 2.50. The van der Waals surface area contributed by atoms with Gasteiger partial charge < -0.3 is 20.4 Å². The summed E-state index contributed by atoms with van der Waals surface area (Å²) in [5.74, 6) is 0.244. The van der Waals surface area contributed by atoms with Crippen molar-refractivity contribution < 1.29 is 10.2 Å². The number of nitrogens with one attached hydrogen (secondary N) is 1. The number of hydrogen-bond acceptors (Lipinski definition) is 4. The van der Waals surface area contributed by atoms with Crippen molar-refractivity contribution in [1.29, 1.82) is 0 Å². The number of rotatable bonds is 4. The average molecular weight is 250 g/mol. The molecule has 1 heterocycles. The van der Waals surface area contributed by atoms with E-state index in [2.05, 4.69) is 17.3 Å². The summed E-state index contributed by atoms with van der Waals surface area (Å²) in [4.78, 5) is 2.37. The summed E-state index contributed by atoms with van der Waals surface area (Å²) in [6, 6.07) is 5.43. The highest BCUT2D eigenvalue weighted by atomic mass is 16.3. The fourth-order valence-electron chi connectivity index (χ4n) is 2.56. The molecule has 0 saturated carbocycles. The van der Waals surface area contributed by atoms with E-state index in [9.17, 15) is 10.2 Å². The van der Waals surface area contributed by atoms with E-state index in [4.69, 9.17) is 0 Å². The molecule has 0 radical (unpaired) electrons. The molecule has 2 unspecified atom stereocenters. The van der Waals surface area contributed by atoms with Crippen LogP contribution in [0.2, 0.25) is 0 Å². The van der Waals surface area contributed by atoms with E-state index in [1.54, 1.807) is 12.1 Å². The quantitative estimate of drug-likeness (QED) is 0.763. The summed E-state index contributed by atoms with van der Waals surface area (Å²) in [7, 11) is 2.15. The molecule has 0 aliphatic carbocycles. The maximum Gasteiger partial charge on any atom is 0.124 e. The van der Waals surface area contributed by atoms with Crippen molar-refractivity contribution in [2.24, 2.45) is 0 Å². The standard InChI is InChI=1S/C14H22N2O2/c1-10(13-6-5-12(17)8-14(13)18)15-9-11-4-3-7-16(11)2/h5-6,8,10-11,15,17-18H,3-4,7,9H2,1-2H3. The van der Waals surface area contributed by atoms with E-state index in [-0.39, 0.29) is 17.5 Å². The molecule has 1 aromatic carbocycles. The Bertz CT molecular complexity index is 409. The third kappa shape index (κ3) is 2.94. The predicted octanol–water partition coefficient (Wildman–Crippen LogP) is 1.84. The summed E-state index contributed by atoms with van der Waals surface area (Å²) in [6.45, 7) is 4.13. The molecule has 1 fully saturated rings. The first-order valence-corrected chi connectivity index (χ1v) is 6.53. The van der Waals surface area contributed by atoms with E-state index >= 15 is 0 Å². The molecule has 0 bridgehead atoms.